The highest BCUT2D eigenvalue weighted by atomic mass is 35.5. The molecule has 0 aliphatic heterocycles. The molecule has 14 heteroatoms. The number of alkyl halides is 3. The molecule has 1 fully saturated rings. The molecule has 2 atom stereocenters. The number of hydrogen-bond acceptors (Lipinski definition) is 8. The third-order valence-corrected chi connectivity index (χ3v) is 6.79. The van der Waals surface area contributed by atoms with Gasteiger partial charge in [0.05, 0.1) is 42.6 Å². The van der Waals surface area contributed by atoms with E-state index in [1.54, 1.807) is 6.92 Å². The minimum atomic E-state index is -4.58. The molecule has 38 heavy (non-hydrogen) atoms. The topological polar surface area (TPSA) is 120 Å². The standard InChI is InChI=1S/C24H26ClF3N6O4/c1-12(37-2)19-18(11-30-23-32-22(25)33-34(19)23)31-16-6-4-13(5-7-16)17(24(26,27)28)10-29-20(35)14-8-15(9-14)21(36)38-3/h4-7,11-12,14-15,17,31H,8-10H2,1-3H3,(H,29,35)/t12-,14?,15?,17+/m0/s1. The van der Waals surface area contributed by atoms with E-state index in [2.05, 4.69) is 30.4 Å². The first-order valence-corrected chi connectivity index (χ1v) is 12.1. The number of carbonyl (C=O) groups excluding carboxylic acids is 2. The number of esters is 1. The number of ether oxygens (including phenoxy) is 2. The molecule has 10 nitrogen and oxygen atoms in total. The number of halogens is 4. The zero-order valence-electron chi connectivity index (χ0n) is 20.8. The molecule has 1 aliphatic carbocycles. The van der Waals surface area contributed by atoms with Crippen molar-refractivity contribution in [1.82, 2.24) is 24.9 Å². The second-order valence-electron chi connectivity index (χ2n) is 9.00. The Morgan fingerprint density at radius 3 is 2.47 bits per heavy atom. The summed E-state index contributed by atoms with van der Waals surface area (Å²) < 4.78 is 53.1. The zero-order valence-corrected chi connectivity index (χ0v) is 21.5. The number of anilines is 2. The number of methoxy groups -OCH3 is 2. The van der Waals surface area contributed by atoms with Gasteiger partial charge < -0.3 is 20.1 Å². The molecule has 2 aromatic heterocycles. The van der Waals surface area contributed by atoms with Gasteiger partial charge in [-0.1, -0.05) is 12.1 Å². The van der Waals surface area contributed by atoms with Crippen LogP contribution in [0.4, 0.5) is 24.5 Å². The van der Waals surface area contributed by atoms with Crippen LogP contribution in [0.25, 0.3) is 5.78 Å². The average Bonchev–Trinajstić information content (AvgIpc) is 3.22. The lowest BCUT2D eigenvalue weighted by Gasteiger charge is -2.32. The molecule has 0 saturated heterocycles. The number of rotatable bonds is 9. The fourth-order valence-electron chi connectivity index (χ4n) is 4.34. The maximum Gasteiger partial charge on any atom is 0.397 e. The summed E-state index contributed by atoms with van der Waals surface area (Å²) in [5.74, 6) is -3.45. The molecule has 4 rings (SSSR count). The number of carbonyl (C=O) groups is 2. The van der Waals surface area contributed by atoms with E-state index in [9.17, 15) is 22.8 Å². The highest BCUT2D eigenvalue weighted by molar-refractivity contribution is 6.28. The summed E-state index contributed by atoms with van der Waals surface area (Å²) in [7, 11) is 2.78. The number of amides is 1. The Labute approximate surface area is 220 Å². The predicted octanol–water partition coefficient (Wildman–Crippen LogP) is 4.19. The van der Waals surface area contributed by atoms with Crippen LogP contribution in [0.15, 0.2) is 30.5 Å². The van der Waals surface area contributed by atoms with Crippen LogP contribution >= 0.6 is 11.6 Å². The lowest BCUT2D eigenvalue weighted by Crippen LogP contribution is -2.44. The number of hydrogen-bond donors (Lipinski definition) is 2. The highest BCUT2D eigenvalue weighted by Gasteiger charge is 2.43. The van der Waals surface area contributed by atoms with E-state index in [0.717, 1.165) is 0 Å². The van der Waals surface area contributed by atoms with Gasteiger partial charge >= 0.3 is 12.1 Å². The van der Waals surface area contributed by atoms with Crippen LogP contribution in [0.2, 0.25) is 5.28 Å². The number of aromatic nitrogens is 4. The Kier molecular flexibility index (Phi) is 8.07. The number of nitrogens with zero attached hydrogens (tertiary/aromatic N) is 4. The summed E-state index contributed by atoms with van der Waals surface area (Å²) in [6, 6.07) is 5.70. The molecular weight excluding hydrogens is 529 g/mol. The molecule has 0 unspecified atom stereocenters. The Morgan fingerprint density at radius 2 is 1.87 bits per heavy atom. The average molecular weight is 555 g/mol. The van der Waals surface area contributed by atoms with Gasteiger partial charge in [0.1, 0.15) is 0 Å². The first-order chi connectivity index (χ1) is 18.0. The Hall–Kier alpha value is -3.45. The van der Waals surface area contributed by atoms with Gasteiger partial charge in [-0.05, 0) is 49.1 Å². The van der Waals surface area contributed by atoms with Gasteiger partial charge in [0.15, 0.2) is 0 Å². The summed E-state index contributed by atoms with van der Waals surface area (Å²) in [6.45, 7) is 1.18. The van der Waals surface area contributed by atoms with Crippen molar-refractivity contribution < 1.29 is 32.2 Å². The lowest BCUT2D eigenvalue weighted by molar-refractivity contribution is -0.153. The van der Waals surface area contributed by atoms with Gasteiger partial charge in [0, 0.05) is 25.3 Å². The van der Waals surface area contributed by atoms with Crippen LogP contribution in [-0.4, -0.2) is 58.4 Å². The number of nitrogens with one attached hydrogen (secondary N) is 2. The Bertz CT molecular complexity index is 1310. The number of fused-ring (bicyclic) bond motifs is 1. The highest BCUT2D eigenvalue weighted by Crippen LogP contribution is 2.37. The molecule has 2 N–H and O–H groups in total. The van der Waals surface area contributed by atoms with Crippen molar-refractivity contribution in [1.29, 1.82) is 0 Å². The van der Waals surface area contributed by atoms with E-state index in [1.165, 1.54) is 49.2 Å². The molecule has 2 heterocycles. The van der Waals surface area contributed by atoms with Gasteiger partial charge in [-0.3, -0.25) is 9.59 Å². The Morgan fingerprint density at radius 1 is 1.18 bits per heavy atom. The van der Waals surface area contributed by atoms with E-state index in [0.29, 0.717) is 17.1 Å². The van der Waals surface area contributed by atoms with Crippen LogP contribution in [0.5, 0.6) is 0 Å². The van der Waals surface area contributed by atoms with Gasteiger partial charge in [-0.15, -0.1) is 5.10 Å². The van der Waals surface area contributed by atoms with Crippen LogP contribution in [0.1, 0.15) is 43.0 Å². The zero-order chi connectivity index (χ0) is 27.6. The minimum absolute atomic E-state index is 0.00786. The van der Waals surface area contributed by atoms with E-state index in [4.69, 9.17) is 16.3 Å². The van der Waals surface area contributed by atoms with Gasteiger partial charge in [-0.2, -0.15) is 22.7 Å². The maximum absolute atomic E-state index is 13.9. The summed E-state index contributed by atoms with van der Waals surface area (Å²) >= 11 is 5.92. The van der Waals surface area contributed by atoms with Crippen molar-refractivity contribution in [2.75, 3.05) is 26.1 Å². The van der Waals surface area contributed by atoms with E-state index in [1.807, 2.05) is 0 Å². The third-order valence-electron chi connectivity index (χ3n) is 6.63. The molecule has 1 aromatic carbocycles. The molecule has 204 valence electrons. The van der Waals surface area contributed by atoms with Crippen LogP contribution in [0, 0.1) is 11.8 Å². The SMILES string of the molecule is COC(=O)C1CC(C(=O)NC[C@H](c2ccc(Nc3cnc4nc(Cl)nn4c3[C@H](C)OC)cc2)C(F)(F)F)C1. The molecule has 1 amide bonds. The second-order valence-corrected chi connectivity index (χ2v) is 9.34. The van der Waals surface area contributed by atoms with Crippen molar-refractivity contribution in [3.05, 3.63) is 47.0 Å². The summed E-state index contributed by atoms with van der Waals surface area (Å²) in [5, 5.41) is 9.66. The lowest BCUT2D eigenvalue weighted by atomic mass is 9.74. The van der Waals surface area contributed by atoms with Crippen molar-refractivity contribution in [3.63, 3.8) is 0 Å². The fraction of sp³-hybridized carbons (Fsp3) is 0.458. The minimum Gasteiger partial charge on any atom is -0.469 e. The van der Waals surface area contributed by atoms with Crippen molar-refractivity contribution >= 4 is 40.6 Å². The fourth-order valence-corrected chi connectivity index (χ4v) is 4.49. The molecule has 1 saturated carbocycles. The first kappa shape index (κ1) is 27.6. The maximum atomic E-state index is 13.9. The van der Waals surface area contributed by atoms with Crippen LogP contribution in [-0.2, 0) is 19.1 Å². The van der Waals surface area contributed by atoms with E-state index >= 15 is 0 Å². The van der Waals surface area contributed by atoms with Crippen LogP contribution in [0.3, 0.4) is 0 Å². The molecule has 3 aromatic rings. The van der Waals surface area contributed by atoms with Gasteiger partial charge in [-0.25, -0.2) is 4.98 Å². The molecule has 0 radical (unpaired) electrons. The van der Waals surface area contributed by atoms with E-state index < -0.39 is 42.5 Å². The summed E-state index contributed by atoms with van der Waals surface area (Å²) in [6.07, 6.45) is -2.98. The van der Waals surface area contributed by atoms with Crippen molar-refractivity contribution in [2.45, 2.75) is 38.0 Å². The number of benzene rings is 1. The molecule has 0 bridgehead atoms. The largest absolute Gasteiger partial charge is 0.469 e. The van der Waals surface area contributed by atoms with Crippen LogP contribution < -0.4 is 10.6 Å². The van der Waals surface area contributed by atoms with Crippen molar-refractivity contribution in [3.8, 4) is 0 Å². The second kappa shape index (κ2) is 11.1. The smallest absolute Gasteiger partial charge is 0.397 e. The monoisotopic (exact) mass is 554 g/mol. The third kappa shape index (κ3) is 5.83. The summed E-state index contributed by atoms with van der Waals surface area (Å²) in [4.78, 5) is 32.1. The van der Waals surface area contributed by atoms with Crippen molar-refractivity contribution in [2.24, 2.45) is 11.8 Å². The predicted molar refractivity (Wildman–Crippen MR) is 131 cm³/mol. The quantitative estimate of drug-likeness (QED) is 0.378. The molecule has 1 aliphatic rings. The molecule has 0 spiro atoms. The summed E-state index contributed by atoms with van der Waals surface area (Å²) in [5.41, 5.74) is 1.57. The van der Waals surface area contributed by atoms with E-state index in [-0.39, 0.29) is 35.4 Å². The Balaban J connectivity index is 1.47. The van der Waals surface area contributed by atoms with Gasteiger partial charge in [0.2, 0.25) is 11.2 Å². The normalized spacial score (nSPS) is 18.9. The van der Waals surface area contributed by atoms with Gasteiger partial charge in [0.25, 0.3) is 5.78 Å². The first-order valence-electron chi connectivity index (χ1n) is 11.7. The molecular formula is C24H26ClF3N6O4.